The first kappa shape index (κ1) is 24.8. The standard InChI is InChI=1S/C31H26ClN3O4/c1-38-28-10-5-2-7-22(28)30-29-24(17-19(18-26(29)36)27-11-6-16-39-27)34-23-8-3-4-9-25(23)35(30)31(37)33-21-14-12-20(32)13-15-21/h2-16,19,30,34H,17-18H2,1H3,(H,33,37)/t19-,30-/m1/s1. The van der Waals surface area contributed by atoms with Crippen molar-refractivity contribution >= 4 is 40.5 Å². The van der Waals surface area contributed by atoms with Gasteiger partial charge >= 0.3 is 6.03 Å². The molecule has 0 saturated heterocycles. The predicted octanol–water partition coefficient (Wildman–Crippen LogP) is 7.55. The Bertz CT molecular complexity index is 1560. The van der Waals surface area contributed by atoms with Gasteiger partial charge in [-0.05, 0) is 61.0 Å². The lowest BCUT2D eigenvalue weighted by molar-refractivity contribution is -0.116. The number of nitrogens with one attached hydrogen (secondary N) is 2. The van der Waals surface area contributed by atoms with Gasteiger partial charge in [0.25, 0.3) is 0 Å². The number of ketones is 1. The third-order valence-corrected chi connectivity index (χ3v) is 7.43. The summed E-state index contributed by atoms with van der Waals surface area (Å²) in [5.41, 5.74) is 3.95. The van der Waals surface area contributed by atoms with Gasteiger partial charge < -0.3 is 19.8 Å². The molecule has 6 rings (SSSR count). The third-order valence-electron chi connectivity index (χ3n) is 7.18. The molecule has 2 atom stereocenters. The molecule has 1 aliphatic carbocycles. The zero-order valence-electron chi connectivity index (χ0n) is 21.2. The summed E-state index contributed by atoms with van der Waals surface area (Å²) in [6.07, 6.45) is 2.45. The van der Waals surface area contributed by atoms with Crippen molar-refractivity contribution < 1.29 is 18.7 Å². The first-order valence-corrected chi connectivity index (χ1v) is 13.1. The molecule has 0 fully saturated rings. The fourth-order valence-corrected chi connectivity index (χ4v) is 5.57. The number of halogens is 1. The first-order chi connectivity index (χ1) is 19.0. The minimum Gasteiger partial charge on any atom is -0.496 e. The van der Waals surface area contributed by atoms with Crippen LogP contribution in [0.3, 0.4) is 0 Å². The molecule has 0 unspecified atom stereocenters. The van der Waals surface area contributed by atoms with Gasteiger partial charge in [-0.3, -0.25) is 9.69 Å². The van der Waals surface area contributed by atoms with E-state index in [0.29, 0.717) is 39.7 Å². The Balaban J connectivity index is 1.54. The Morgan fingerprint density at radius 3 is 2.54 bits per heavy atom. The number of methoxy groups -OCH3 is 1. The van der Waals surface area contributed by atoms with E-state index in [0.717, 1.165) is 17.1 Å². The minimum absolute atomic E-state index is 0.0573. The van der Waals surface area contributed by atoms with E-state index in [-0.39, 0.29) is 18.1 Å². The van der Waals surface area contributed by atoms with E-state index < -0.39 is 12.1 Å². The maximum atomic E-state index is 14.1. The van der Waals surface area contributed by atoms with Gasteiger partial charge in [-0.1, -0.05) is 41.9 Å². The van der Waals surface area contributed by atoms with Crippen LogP contribution in [0.2, 0.25) is 5.02 Å². The van der Waals surface area contributed by atoms with Crippen LogP contribution < -0.4 is 20.3 Å². The molecule has 2 aliphatic rings. The first-order valence-electron chi connectivity index (χ1n) is 12.7. The number of nitrogens with zero attached hydrogens (tertiary/aromatic N) is 1. The lowest BCUT2D eigenvalue weighted by Gasteiger charge is -2.35. The van der Waals surface area contributed by atoms with Gasteiger partial charge in [0.05, 0.1) is 30.8 Å². The number of urea groups is 1. The molecule has 1 aliphatic heterocycles. The average Bonchev–Trinajstić information content (AvgIpc) is 3.44. The predicted molar refractivity (Wildman–Crippen MR) is 151 cm³/mol. The quantitative estimate of drug-likeness (QED) is 0.280. The largest absolute Gasteiger partial charge is 0.496 e. The maximum absolute atomic E-state index is 14.1. The van der Waals surface area contributed by atoms with Gasteiger partial charge in [0.1, 0.15) is 11.5 Å². The van der Waals surface area contributed by atoms with Crippen LogP contribution in [0.1, 0.15) is 36.1 Å². The summed E-state index contributed by atoms with van der Waals surface area (Å²) in [6.45, 7) is 0. The lowest BCUT2D eigenvalue weighted by Crippen LogP contribution is -2.41. The third kappa shape index (κ3) is 4.66. The molecule has 0 bridgehead atoms. The van der Waals surface area contributed by atoms with E-state index in [1.165, 1.54) is 0 Å². The summed E-state index contributed by atoms with van der Waals surface area (Å²) in [5.74, 6) is 1.18. The second-order valence-electron chi connectivity index (χ2n) is 9.53. The van der Waals surface area contributed by atoms with Crippen LogP contribution in [-0.4, -0.2) is 18.9 Å². The lowest BCUT2D eigenvalue weighted by atomic mass is 9.80. The second-order valence-corrected chi connectivity index (χ2v) is 9.97. The molecule has 0 spiro atoms. The van der Waals surface area contributed by atoms with Crippen molar-refractivity contribution in [3.63, 3.8) is 0 Å². The molecular formula is C31H26ClN3O4. The fraction of sp³-hybridized carbons (Fsp3) is 0.161. The van der Waals surface area contributed by atoms with Crippen LogP contribution in [0.5, 0.6) is 5.75 Å². The highest BCUT2D eigenvalue weighted by Gasteiger charge is 2.43. The number of anilines is 3. The number of carbonyl (C=O) groups is 2. The molecule has 2 heterocycles. The van der Waals surface area contributed by atoms with Crippen molar-refractivity contribution in [3.05, 3.63) is 119 Å². The number of allylic oxidation sites excluding steroid dienone is 1. The van der Waals surface area contributed by atoms with Crippen molar-refractivity contribution in [2.75, 3.05) is 22.6 Å². The molecule has 4 aromatic rings. The summed E-state index contributed by atoms with van der Waals surface area (Å²) >= 11 is 6.07. The Labute approximate surface area is 231 Å². The zero-order chi connectivity index (χ0) is 26.9. The van der Waals surface area contributed by atoms with E-state index >= 15 is 0 Å². The molecule has 3 aromatic carbocycles. The molecule has 1 aromatic heterocycles. The van der Waals surface area contributed by atoms with Crippen LogP contribution in [0.4, 0.5) is 21.9 Å². The zero-order valence-corrected chi connectivity index (χ0v) is 21.9. The van der Waals surface area contributed by atoms with E-state index in [1.54, 1.807) is 42.5 Å². The summed E-state index contributed by atoms with van der Waals surface area (Å²) < 4.78 is 11.4. The number of Topliss-reactive ketones (excluding diaryl/α,β-unsaturated/α-hetero) is 1. The molecule has 196 valence electrons. The Kier molecular flexibility index (Phi) is 6.59. The number of ether oxygens (including phenoxy) is 1. The van der Waals surface area contributed by atoms with Gasteiger partial charge in [0.2, 0.25) is 0 Å². The second kappa shape index (κ2) is 10.3. The highest BCUT2D eigenvalue weighted by atomic mass is 35.5. The summed E-state index contributed by atoms with van der Waals surface area (Å²) in [5, 5.41) is 7.08. The highest BCUT2D eigenvalue weighted by Crippen LogP contribution is 2.49. The number of para-hydroxylation sites is 3. The molecular weight excluding hydrogens is 514 g/mol. The molecule has 0 saturated carbocycles. The number of carbonyl (C=O) groups excluding carboxylic acids is 2. The van der Waals surface area contributed by atoms with E-state index in [2.05, 4.69) is 10.6 Å². The van der Waals surface area contributed by atoms with E-state index in [1.807, 2.05) is 60.7 Å². The fourth-order valence-electron chi connectivity index (χ4n) is 5.44. The number of furan rings is 1. The van der Waals surface area contributed by atoms with Crippen LogP contribution >= 0.6 is 11.6 Å². The number of fused-ring (bicyclic) bond motifs is 1. The molecule has 2 N–H and O–H groups in total. The maximum Gasteiger partial charge on any atom is 0.327 e. The van der Waals surface area contributed by atoms with Gasteiger partial charge in [0, 0.05) is 39.9 Å². The van der Waals surface area contributed by atoms with Crippen molar-refractivity contribution in [2.45, 2.75) is 24.8 Å². The molecule has 7 nitrogen and oxygen atoms in total. The summed E-state index contributed by atoms with van der Waals surface area (Å²) in [6, 6.07) is 24.6. The van der Waals surface area contributed by atoms with Gasteiger partial charge in [0.15, 0.2) is 5.78 Å². The van der Waals surface area contributed by atoms with Crippen LogP contribution in [-0.2, 0) is 4.79 Å². The molecule has 2 amide bonds. The van der Waals surface area contributed by atoms with Crippen molar-refractivity contribution in [3.8, 4) is 5.75 Å². The SMILES string of the molecule is COc1ccccc1[C@@H]1C2=C(C[C@@H](c3ccco3)CC2=O)Nc2ccccc2N1C(=O)Nc1ccc(Cl)cc1. The van der Waals surface area contributed by atoms with Crippen molar-refractivity contribution in [2.24, 2.45) is 0 Å². The summed E-state index contributed by atoms with van der Waals surface area (Å²) in [7, 11) is 1.59. The molecule has 39 heavy (non-hydrogen) atoms. The van der Waals surface area contributed by atoms with Gasteiger partial charge in [-0.15, -0.1) is 0 Å². The van der Waals surface area contributed by atoms with Gasteiger partial charge in [-0.25, -0.2) is 4.79 Å². The van der Waals surface area contributed by atoms with Crippen LogP contribution in [0.25, 0.3) is 0 Å². The Morgan fingerprint density at radius 2 is 1.77 bits per heavy atom. The number of rotatable bonds is 4. The van der Waals surface area contributed by atoms with Crippen molar-refractivity contribution in [1.82, 2.24) is 0 Å². The van der Waals surface area contributed by atoms with Crippen LogP contribution in [0.15, 0.2) is 107 Å². The van der Waals surface area contributed by atoms with Crippen molar-refractivity contribution in [1.29, 1.82) is 0 Å². The molecule has 8 heteroatoms. The number of hydrogen-bond donors (Lipinski definition) is 2. The Hall–Kier alpha value is -4.49. The minimum atomic E-state index is -0.746. The number of benzene rings is 3. The number of amides is 2. The Morgan fingerprint density at radius 1 is 1.00 bits per heavy atom. The normalized spacial score (nSPS) is 18.5. The highest BCUT2D eigenvalue weighted by molar-refractivity contribution is 6.30. The molecule has 0 radical (unpaired) electrons. The smallest absolute Gasteiger partial charge is 0.327 e. The topological polar surface area (TPSA) is 83.8 Å². The van der Waals surface area contributed by atoms with Gasteiger partial charge in [-0.2, -0.15) is 0 Å². The monoisotopic (exact) mass is 539 g/mol. The van der Waals surface area contributed by atoms with E-state index in [9.17, 15) is 9.59 Å². The van der Waals surface area contributed by atoms with E-state index in [4.69, 9.17) is 20.8 Å². The van der Waals surface area contributed by atoms with Crippen LogP contribution in [0, 0.1) is 0 Å². The number of hydrogen-bond acceptors (Lipinski definition) is 5. The average molecular weight is 540 g/mol. The summed E-state index contributed by atoms with van der Waals surface area (Å²) in [4.78, 5) is 29.8.